The molecule has 7 nitrogen and oxygen atoms in total. The van der Waals surface area contributed by atoms with Crippen molar-refractivity contribution in [3.63, 3.8) is 0 Å². The van der Waals surface area contributed by atoms with Gasteiger partial charge in [0.25, 0.3) is 5.91 Å². The van der Waals surface area contributed by atoms with E-state index < -0.39 is 23.4 Å². The van der Waals surface area contributed by atoms with Crippen LogP contribution >= 0.6 is 0 Å². The molecule has 1 aliphatic rings. The Morgan fingerprint density at radius 2 is 2.00 bits per heavy atom. The number of carbonyl (C=O) groups excluding carboxylic acids is 1. The zero-order valence-electron chi connectivity index (χ0n) is 16.4. The van der Waals surface area contributed by atoms with Gasteiger partial charge >= 0.3 is 5.63 Å². The van der Waals surface area contributed by atoms with E-state index in [2.05, 4.69) is 5.32 Å². The summed E-state index contributed by atoms with van der Waals surface area (Å²) in [5.41, 5.74) is 0.413. The zero-order valence-corrected chi connectivity index (χ0v) is 16.4. The molecule has 0 fully saturated rings. The third kappa shape index (κ3) is 4.09. The number of aryl methyl sites for hydroxylation is 1. The first-order valence-corrected chi connectivity index (χ1v) is 9.20. The van der Waals surface area contributed by atoms with Crippen LogP contribution in [0.4, 0.5) is 5.69 Å². The van der Waals surface area contributed by atoms with Crippen molar-refractivity contribution in [2.45, 2.75) is 33.3 Å². The molecule has 0 bridgehead atoms. The number of anilines is 1. The van der Waals surface area contributed by atoms with E-state index in [0.717, 1.165) is 5.57 Å². The van der Waals surface area contributed by atoms with Crippen molar-refractivity contribution in [3.05, 3.63) is 63.6 Å². The van der Waals surface area contributed by atoms with Crippen LogP contribution in [0.1, 0.15) is 25.8 Å². The van der Waals surface area contributed by atoms with Crippen LogP contribution in [0.3, 0.4) is 0 Å². The van der Waals surface area contributed by atoms with Crippen molar-refractivity contribution in [2.75, 3.05) is 5.32 Å². The fourth-order valence-electron chi connectivity index (χ4n) is 3.13. The van der Waals surface area contributed by atoms with E-state index in [0.29, 0.717) is 12.0 Å². The third-order valence-corrected chi connectivity index (χ3v) is 4.87. The summed E-state index contributed by atoms with van der Waals surface area (Å²) in [4.78, 5) is 25.0. The van der Waals surface area contributed by atoms with Gasteiger partial charge in [0, 0.05) is 17.1 Å². The van der Waals surface area contributed by atoms with Crippen molar-refractivity contribution < 1.29 is 24.5 Å². The number of phenols is 1. The summed E-state index contributed by atoms with van der Waals surface area (Å²) in [6.45, 7) is 5.45. The fraction of sp³-hybridized carbons (Fsp3) is 0.273. The molecule has 1 unspecified atom stereocenters. The van der Waals surface area contributed by atoms with Crippen LogP contribution in [0.5, 0.6) is 11.5 Å². The maximum Gasteiger partial charge on any atom is 0.364 e. The summed E-state index contributed by atoms with van der Waals surface area (Å²) in [5.74, 6) is -1.39. The highest BCUT2D eigenvalue weighted by Crippen LogP contribution is 2.34. The Balaban J connectivity index is 1.93. The molecule has 0 saturated heterocycles. The van der Waals surface area contributed by atoms with Crippen LogP contribution in [-0.4, -0.2) is 27.3 Å². The molecule has 1 aliphatic carbocycles. The third-order valence-electron chi connectivity index (χ3n) is 4.87. The second kappa shape index (κ2) is 7.97. The number of aromatic hydroxyl groups is 2. The van der Waals surface area contributed by atoms with Gasteiger partial charge < -0.3 is 25.1 Å². The van der Waals surface area contributed by atoms with Crippen LogP contribution in [0, 0.1) is 12.8 Å². The lowest BCUT2D eigenvalue weighted by atomic mass is 9.90. The second-order valence-corrected chi connectivity index (χ2v) is 7.31. The number of rotatable bonds is 4. The molecule has 7 heteroatoms. The minimum absolute atomic E-state index is 0.0483. The first-order valence-electron chi connectivity index (χ1n) is 9.20. The van der Waals surface area contributed by atoms with Crippen molar-refractivity contribution in [1.29, 1.82) is 0 Å². The van der Waals surface area contributed by atoms with Crippen molar-refractivity contribution in [2.24, 2.45) is 5.92 Å². The number of phenolic OH excluding ortho intramolecular Hbond substituents is 1. The van der Waals surface area contributed by atoms with Gasteiger partial charge in [-0.15, -0.1) is 0 Å². The van der Waals surface area contributed by atoms with Gasteiger partial charge in [0.05, 0.1) is 11.5 Å². The Kier molecular flexibility index (Phi) is 5.61. The number of carbonyl (C=O) groups is 1. The molecule has 0 aliphatic heterocycles. The fourth-order valence-corrected chi connectivity index (χ4v) is 3.13. The lowest BCUT2D eigenvalue weighted by molar-refractivity contribution is -0.112. The van der Waals surface area contributed by atoms with Crippen LogP contribution in [0.15, 0.2) is 56.8 Å². The summed E-state index contributed by atoms with van der Waals surface area (Å²) >= 11 is 0. The molecular formula is C22H23NO6. The smallest absolute Gasteiger partial charge is 0.364 e. The van der Waals surface area contributed by atoms with Crippen LogP contribution in [-0.2, 0) is 4.79 Å². The van der Waals surface area contributed by atoms with Crippen molar-refractivity contribution >= 4 is 22.6 Å². The molecule has 0 radical (unpaired) electrons. The predicted molar refractivity (Wildman–Crippen MR) is 110 cm³/mol. The quantitative estimate of drug-likeness (QED) is 0.464. The molecule has 3 rings (SSSR count). The van der Waals surface area contributed by atoms with E-state index in [1.165, 1.54) is 24.3 Å². The molecule has 1 heterocycles. The number of benzene rings is 1. The zero-order chi connectivity index (χ0) is 21.3. The minimum atomic E-state index is -0.932. The molecule has 0 spiro atoms. The Morgan fingerprint density at radius 1 is 1.28 bits per heavy atom. The molecule has 1 amide bonds. The number of aliphatic hydroxyl groups excluding tert-OH is 1. The minimum Gasteiger partial charge on any atom is -0.508 e. The van der Waals surface area contributed by atoms with Gasteiger partial charge in [0.15, 0.2) is 11.4 Å². The lowest BCUT2D eigenvalue weighted by Crippen LogP contribution is -2.24. The molecule has 1 aromatic carbocycles. The Bertz CT molecular complexity index is 1120. The van der Waals surface area contributed by atoms with Gasteiger partial charge in [-0.3, -0.25) is 4.79 Å². The average Bonchev–Trinajstić information content (AvgIpc) is 2.67. The summed E-state index contributed by atoms with van der Waals surface area (Å²) in [6.07, 6.45) is 6.46. The normalized spacial score (nSPS) is 18.4. The highest BCUT2D eigenvalue weighted by Gasteiger charge is 2.23. The van der Waals surface area contributed by atoms with Crippen LogP contribution < -0.4 is 10.9 Å². The second-order valence-electron chi connectivity index (χ2n) is 7.31. The van der Waals surface area contributed by atoms with Gasteiger partial charge in [-0.05, 0) is 39.3 Å². The van der Waals surface area contributed by atoms with Crippen LogP contribution in [0.25, 0.3) is 11.0 Å². The van der Waals surface area contributed by atoms with E-state index in [1.807, 2.05) is 19.9 Å². The highest BCUT2D eigenvalue weighted by molar-refractivity contribution is 6.07. The summed E-state index contributed by atoms with van der Waals surface area (Å²) in [5, 5.41) is 32.9. The van der Waals surface area contributed by atoms with Crippen molar-refractivity contribution in [1.82, 2.24) is 0 Å². The molecule has 1 aromatic heterocycles. The van der Waals surface area contributed by atoms with Crippen LogP contribution in [0.2, 0.25) is 0 Å². The standard InChI is InChI=1S/C22H23NO6/c1-11(2)4-5-13-10-14(6-8-17(13)25)21(27)23-18-19(26)15-7-9-16(24)12(3)20(15)29-22(18)28/h4,6-10,13,17,24-26H,5H2,1-3H3,(H,23,27)/t13?,17-/m0/s1. The predicted octanol–water partition coefficient (Wildman–Crippen LogP) is 3.28. The highest BCUT2D eigenvalue weighted by atomic mass is 16.4. The van der Waals surface area contributed by atoms with Gasteiger partial charge in [0.1, 0.15) is 11.3 Å². The number of hydrogen-bond donors (Lipinski definition) is 4. The largest absolute Gasteiger partial charge is 0.508 e. The molecule has 2 atom stereocenters. The van der Waals surface area contributed by atoms with E-state index in [9.17, 15) is 24.9 Å². The number of amides is 1. The van der Waals surface area contributed by atoms with Gasteiger partial charge in [-0.1, -0.05) is 29.9 Å². The average molecular weight is 397 g/mol. The molecule has 2 aromatic rings. The first kappa shape index (κ1) is 20.4. The molecular weight excluding hydrogens is 374 g/mol. The Labute approximate surface area is 167 Å². The molecule has 152 valence electrons. The van der Waals surface area contributed by atoms with Gasteiger partial charge in [0.2, 0.25) is 0 Å². The number of hydrogen-bond acceptors (Lipinski definition) is 6. The molecule has 4 N–H and O–H groups in total. The summed E-state index contributed by atoms with van der Waals surface area (Å²) in [7, 11) is 0. The number of allylic oxidation sites excluding steroid dienone is 2. The summed E-state index contributed by atoms with van der Waals surface area (Å²) < 4.78 is 5.20. The number of fused-ring (bicyclic) bond motifs is 1. The maximum absolute atomic E-state index is 12.7. The topological polar surface area (TPSA) is 120 Å². The van der Waals surface area contributed by atoms with Crippen molar-refractivity contribution in [3.8, 4) is 11.5 Å². The molecule has 29 heavy (non-hydrogen) atoms. The van der Waals surface area contributed by atoms with E-state index in [4.69, 9.17) is 4.42 Å². The Hall–Kier alpha value is -3.32. The van der Waals surface area contributed by atoms with E-state index >= 15 is 0 Å². The maximum atomic E-state index is 12.7. The lowest BCUT2D eigenvalue weighted by Gasteiger charge is -2.21. The van der Waals surface area contributed by atoms with Gasteiger partial charge in [-0.25, -0.2) is 4.79 Å². The summed E-state index contributed by atoms with van der Waals surface area (Å²) in [6, 6.07) is 2.77. The monoisotopic (exact) mass is 397 g/mol. The number of nitrogens with one attached hydrogen (secondary N) is 1. The van der Waals surface area contributed by atoms with E-state index in [-0.39, 0.29) is 33.9 Å². The SMILES string of the molecule is CC(C)=CCC1C=C(C(=O)Nc2c(O)c3ccc(O)c(C)c3oc2=O)C=C[C@@H]1O. The Morgan fingerprint density at radius 3 is 2.69 bits per heavy atom. The number of aliphatic hydroxyl groups is 1. The molecule has 0 saturated carbocycles. The first-order chi connectivity index (χ1) is 13.7. The van der Waals surface area contributed by atoms with Gasteiger partial charge in [-0.2, -0.15) is 0 Å². The van der Waals surface area contributed by atoms with E-state index in [1.54, 1.807) is 13.0 Å².